The van der Waals surface area contributed by atoms with Crippen molar-refractivity contribution in [3.8, 4) is 0 Å². The molecule has 1 saturated heterocycles. The van der Waals surface area contributed by atoms with Crippen molar-refractivity contribution in [1.82, 2.24) is 4.67 Å². The second-order valence-electron chi connectivity index (χ2n) is 5.86. The van der Waals surface area contributed by atoms with Crippen LogP contribution in [0, 0.1) is 5.41 Å². The van der Waals surface area contributed by atoms with Gasteiger partial charge in [0.15, 0.2) is 7.70 Å². The van der Waals surface area contributed by atoms with Crippen molar-refractivity contribution in [2.45, 2.75) is 46.3 Å². The Hall–Kier alpha value is 0.0900. The van der Waals surface area contributed by atoms with Crippen LogP contribution in [-0.2, 0) is 4.74 Å². The fourth-order valence-corrected chi connectivity index (χ4v) is 3.07. The van der Waals surface area contributed by atoms with E-state index in [4.69, 9.17) is 4.74 Å². The van der Waals surface area contributed by atoms with Gasteiger partial charge in [-0.05, 0) is 18.8 Å². The molecule has 1 aliphatic rings. The highest BCUT2D eigenvalue weighted by Crippen LogP contribution is 2.31. The molecule has 0 N–H and O–H groups in total. The van der Waals surface area contributed by atoms with Gasteiger partial charge < -0.3 is 4.74 Å². The average Bonchev–Trinajstić information content (AvgIpc) is 1.99. The highest BCUT2D eigenvalue weighted by atomic mass is 31.1. The Kier molecular flexibility index (Phi) is 4.34. The standard InChI is InChI=1S/C12H25NOP/c1-10-8-13(15(5)6)9-11(14-10)7-12(2,3)4/h10-11H,5,7-9H2,1-4,6H3/q+1. The van der Waals surface area contributed by atoms with Crippen LogP contribution in [0.4, 0.5) is 0 Å². The van der Waals surface area contributed by atoms with Crippen molar-refractivity contribution in [3.63, 3.8) is 0 Å². The molecule has 0 radical (unpaired) electrons. The Balaban J connectivity index is 2.56. The van der Waals surface area contributed by atoms with Crippen molar-refractivity contribution in [2.75, 3.05) is 19.8 Å². The fourth-order valence-electron chi connectivity index (χ4n) is 2.10. The quantitative estimate of drug-likeness (QED) is 0.676. The maximum absolute atomic E-state index is 5.98. The SMILES string of the molecule is C=[P+](C)N1CC(C)OC(CC(C)(C)C)C1. The van der Waals surface area contributed by atoms with Gasteiger partial charge in [0.25, 0.3) is 0 Å². The monoisotopic (exact) mass is 230 g/mol. The predicted molar refractivity (Wildman–Crippen MR) is 69.9 cm³/mol. The van der Waals surface area contributed by atoms with Gasteiger partial charge in [0, 0.05) is 0 Å². The summed E-state index contributed by atoms with van der Waals surface area (Å²) in [6, 6.07) is 0. The van der Waals surface area contributed by atoms with Gasteiger partial charge in [0.2, 0.25) is 0 Å². The van der Waals surface area contributed by atoms with Crippen LogP contribution >= 0.6 is 7.70 Å². The Morgan fingerprint density at radius 2 is 2.00 bits per heavy atom. The Bertz CT molecular complexity index is 234. The molecule has 0 bridgehead atoms. The highest BCUT2D eigenvalue weighted by molar-refractivity contribution is 7.52. The van der Waals surface area contributed by atoms with Gasteiger partial charge >= 0.3 is 0 Å². The molecular weight excluding hydrogens is 205 g/mol. The topological polar surface area (TPSA) is 12.5 Å². The zero-order valence-corrected chi connectivity index (χ0v) is 11.7. The Morgan fingerprint density at radius 3 is 2.47 bits per heavy atom. The molecule has 0 aromatic heterocycles. The van der Waals surface area contributed by atoms with E-state index in [2.05, 4.69) is 45.3 Å². The van der Waals surface area contributed by atoms with E-state index < -0.39 is 0 Å². The Morgan fingerprint density at radius 1 is 1.40 bits per heavy atom. The first-order valence-electron chi connectivity index (χ1n) is 5.72. The summed E-state index contributed by atoms with van der Waals surface area (Å²) in [5.41, 5.74) is 0.352. The normalized spacial score (nSPS) is 30.3. The molecule has 1 heterocycles. The maximum Gasteiger partial charge on any atom is 0.174 e. The van der Waals surface area contributed by atoms with Crippen LogP contribution in [0.15, 0.2) is 0 Å². The fraction of sp³-hybridized carbons (Fsp3) is 0.917. The van der Waals surface area contributed by atoms with Crippen molar-refractivity contribution in [2.24, 2.45) is 5.41 Å². The number of nitrogens with zero attached hydrogens (tertiary/aromatic N) is 1. The third kappa shape index (κ3) is 4.63. The number of morpholine rings is 1. The van der Waals surface area contributed by atoms with Gasteiger partial charge in [-0.2, -0.15) is 0 Å². The maximum atomic E-state index is 5.98. The van der Waals surface area contributed by atoms with E-state index in [9.17, 15) is 0 Å². The van der Waals surface area contributed by atoms with Crippen LogP contribution in [0.2, 0.25) is 0 Å². The molecule has 0 aliphatic carbocycles. The zero-order valence-electron chi connectivity index (χ0n) is 10.8. The van der Waals surface area contributed by atoms with Gasteiger partial charge in [-0.3, -0.25) is 0 Å². The predicted octanol–water partition coefficient (Wildman–Crippen LogP) is 2.97. The van der Waals surface area contributed by atoms with Crippen molar-refractivity contribution >= 4 is 14.0 Å². The first-order valence-corrected chi connectivity index (χ1v) is 7.65. The summed E-state index contributed by atoms with van der Waals surface area (Å²) in [6.45, 7) is 13.3. The van der Waals surface area contributed by atoms with Gasteiger partial charge in [0.1, 0.15) is 6.66 Å². The zero-order chi connectivity index (χ0) is 11.6. The van der Waals surface area contributed by atoms with Crippen molar-refractivity contribution < 1.29 is 4.74 Å². The molecule has 3 heteroatoms. The molecule has 3 atom stereocenters. The Labute approximate surface area is 95.4 Å². The van der Waals surface area contributed by atoms with E-state index >= 15 is 0 Å². The van der Waals surface area contributed by atoms with E-state index in [-0.39, 0.29) is 7.70 Å². The molecule has 0 saturated carbocycles. The summed E-state index contributed by atoms with van der Waals surface area (Å²) in [5.74, 6) is 0. The van der Waals surface area contributed by atoms with Gasteiger partial charge in [0.05, 0.1) is 31.6 Å². The molecule has 0 aromatic rings. The highest BCUT2D eigenvalue weighted by Gasteiger charge is 2.32. The summed E-state index contributed by atoms with van der Waals surface area (Å²) in [5, 5.41) is 0. The van der Waals surface area contributed by atoms with E-state index in [0.717, 1.165) is 19.5 Å². The van der Waals surface area contributed by atoms with Gasteiger partial charge in [-0.25, -0.2) is 0 Å². The minimum Gasteiger partial charge on any atom is -0.372 e. The molecule has 0 aromatic carbocycles. The average molecular weight is 230 g/mol. The summed E-state index contributed by atoms with van der Waals surface area (Å²) < 4.78 is 8.47. The van der Waals surface area contributed by atoms with Crippen LogP contribution < -0.4 is 0 Å². The van der Waals surface area contributed by atoms with E-state index in [1.54, 1.807) is 0 Å². The summed E-state index contributed by atoms with van der Waals surface area (Å²) >= 11 is 0. The van der Waals surface area contributed by atoms with Crippen LogP contribution in [0.5, 0.6) is 0 Å². The molecular formula is C12H25NOP+. The van der Waals surface area contributed by atoms with Crippen molar-refractivity contribution in [1.29, 1.82) is 0 Å². The molecule has 1 rings (SSSR count). The lowest BCUT2D eigenvalue weighted by atomic mass is 9.89. The van der Waals surface area contributed by atoms with E-state index in [1.165, 1.54) is 0 Å². The van der Waals surface area contributed by atoms with E-state index in [1.807, 2.05) is 0 Å². The van der Waals surface area contributed by atoms with E-state index in [0.29, 0.717) is 17.6 Å². The molecule has 2 nitrogen and oxygen atoms in total. The smallest absolute Gasteiger partial charge is 0.174 e. The second kappa shape index (κ2) is 4.95. The molecule has 88 valence electrons. The first kappa shape index (κ1) is 13.2. The number of hydrogen-bond donors (Lipinski definition) is 0. The summed E-state index contributed by atoms with van der Waals surface area (Å²) in [7, 11) is -0.210. The number of ether oxygens (including phenoxy) is 1. The molecule has 1 fully saturated rings. The molecule has 15 heavy (non-hydrogen) atoms. The third-order valence-corrected chi connectivity index (χ3v) is 3.92. The van der Waals surface area contributed by atoms with Crippen LogP contribution in [-0.4, -0.2) is 42.9 Å². The first-order chi connectivity index (χ1) is 6.78. The summed E-state index contributed by atoms with van der Waals surface area (Å²) in [6.07, 6.45) is 6.05. The molecule has 0 amide bonds. The lowest BCUT2D eigenvalue weighted by Crippen LogP contribution is -2.44. The third-order valence-electron chi connectivity index (χ3n) is 2.63. The number of hydrogen-bond acceptors (Lipinski definition) is 2. The molecule has 1 aliphatic heterocycles. The lowest BCUT2D eigenvalue weighted by Gasteiger charge is -2.35. The largest absolute Gasteiger partial charge is 0.372 e. The second-order valence-corrected chi connectivity index (χ2v) is 7.74. The number of rotatable bonds is 2. The van der Waals surface area contributed by atoms with Crippen LogP contribution in [0.1, 0.15) is 34.1 Å². The van der Waals surface area contributed by atoms with Crippen LogP contribution in [0.25, 0.3) is 0 Å². The van der Waals surface area contributed by atoms with Crippen molar-refractivity contribution in [3.05, 3.63) is 0 Å². The lowest BCUT2D eigenvalue weighted by molar-refractivity contribution is -0.0676. The minimum absolute atomic E-state index is 0.210. The molecule has 3 unspecified atom stereocenters. The van der Waals surface area contributed by atoms with Gasteiger partial charge in [-0.15, -0.1) is 4.67 Å². The molecule has 0 spiro atoms. The van der Waals surface area contributed by atoms with Gasteiger partial charge in [-0.1, -0.05) is 20.8 Å². The minimum atomic E-state index is -0.210. The summed E-state index contributed by atoms with van der Waals surface area (Å²) in [4.78, 5) is 0. The van der Waals surface area contributed by atoms with Crippen LogP contribution in [0.3, 0.4) is 0 Å².